The molecule has 0 amide bonds. The fourth-order valence-electron chi connectivity index (χ4n) is 5.91. The van der Waals surface area contributed by atoms with E-state index in [-0.39, 0.29) is 0 Å². The van der Waals surface area contributed by atoms with E-state index in [1.807, 2.05) is 36.5 Å². The van der Waals surface area contributed by atoms with Crippen molar-refractivity contribution >= 4 is 21.7 Å². The van der Waals surface area contributed by atoms with Crippen molar-refractivity contribution in [1.82, 2.24) is 19.9 Å². The van der Waals surface area contributed by atoms with E-state index in [2.05, 4.69) is 112 Å². The van der Waals surface area contributed by atoms with Crippen LogP contribution >= 0.6 is 0 Å². The van der Waals surface area contributed by atoms with Gasteiger partial charge >= 0.3 is 0 Å². The Kier molecular flexibility index (Phi) is 6.43. The van der Waals surface area contributed by atoms with Crippen LogP contribution in [0.1, 0.15) is 0 Å². The van der Waals surface area contributed by atoms with Crippen LogP contribution in [0.4, 0.5) is 0 Å². The molecule has 0 N–H and O–H groups in total. The van der Waals surface area contributed by atoms with Crippen LogP contribution in [0.2, 0.25) is 0 Å². The van der Waals surface area contributed by atoms with E-state index in [1.165, 1.54) is 33.0 Å². The van der Waals surface area contributed by atoms with Crippen LogP contribution < -0.4 is 0 Å². The van der Waals surface area contributed by atoms with Crippen LogP contribution in [0, 0.1) is 0 Å². The molecule has 4 heteroatoms. The van der Waals surface area contributed by atoms with E-state index in [9.17, 15) is 0 Å². The van der Waals surface area contributed by atoms with Crippen molar-refractivity contribution in [3.05, 3.63) is 158 Å². The molecule has 0 bridgehead atoms. The Morgan fingerprint density at radius 2 is 1.00 bits per heavy atom. The molecule has 44 heavy (non-hydrogen) atoms. The number of hydrogen-bond donors (Lipinski definition) is 0. The van der Waals surface area contributed by atoms with E-state index < -0.39 is 0 Å². The Labute approximate surface area is 255 Å². The van der Waals surface area contributed by atoms with Crippen LogP contribution in [-0.2, 0) is 0 Å². The Bertz CT molecular complexity index is 2200. The minimum atomic E-state index is 0.909. The number of fused-ring (bicyclic) bond motifs is 3. The maximum atomic E-state index is 4.98. The summed E-state index contributed by atoms with van der Waals surface area (Å²) in [6.07, 6.45) is 9.07. The second-order valence-corrected chi connectivity index (χ2v) is 10.8. The fourth-order valence-corrected chi connectivity index (χ4v) is 5.91. The first kappa shape index (κ1) is 25.7. The summed E-state index contributed by atoms with van der Waals surface area (Å²) in [7, 11) is 0. The van der Waals surface area contributed by atoms with Gasteiger partial charge in [0.1, 0.15) is 0 Å². The van der Waals surface area contributed by atoms with Crippen LogP contribution in [0.15, 0.2) is 158 Å². The van der Waals surface area contributed by atoms with Crippen LogP contribution in [0.3, 0.4) is 0 Å². The van der Waals surface area contributed by atoms with Crippen molar-refractivity contribution in [1.29, 1.82) is 0 Å². The molecule has 8 aromatic rings. The molecule has 8 rings (SSSR count). The Hall–Kier alpha value is -6.00. The summed E-state index contributed by atoms with van der Waals surface area (Å²) >= 11 is 0. The number of aromatic nitrogens is 4. The molecular weight excluding hydrogens is 536 g/mol. The summed E-state index contributed by atoms with van der Waals surface area (Å²) < 4.78 is 0. The lowest BCUT2D eigenvalue weighted by Crippen LogP contribution is -1.91. The molecule has 0 saturated heterocycles. The molecule has 0 spiro atoms. The monoisotopic (exact) mass is 562 g/mol. The second kappa shape index (κ2) is 11.0. The van der Waals surface area contributed by atoms with Gasteiger partial charge in [-0.2, -0.15) is 0 Å². The Balaban J connectivity index is 1.17. The summed E-state index contributed by atoms with van der Waals surface area (Å²) in [4.78, 5) is 18.0. The first-order valence-electron chi connectivity index (χ1n) is 14.6. The highest BCUT2D eigenvalue weighted by Gasteiger charge is 2.11. The third-order valence-electron chi connectivity index (χ3n) is 8.13. The molecule has 0 saturated carbocycles. The van der Waals surface area contributed by atoms with Crippen molar-refractivity contribution in [3.63, 3.8) is 0 Å². The third kappa shape index (κ3) is 4.79. The minimum absolute atomic E-state index is 0.909. The summed E-state index contributed by atoms with van der Waals surface area (Å²) in [6.45, 7) is 0. The van der Waals surface area contributed by atoms with Crippen molar-refractivity contribution in [2.24, 2.45) is 0 Å². The normalized spacial score (nSPS) is 11.2. The average molecular weight is 563 g/mol. The average Bonchev–Trinajstić information content (AvgIpc) is 3.12. The quantitative estimate of drug-likeness (QED) is 0.196. The lowest BCUT2D eigenvalue weighted by Gasteiger charge is -2.12. The van der Waals surface area contributed by atoms with Gasteiger partial charge in [0.05, 0.1) is 16.9 Å². The minimum Gasteiger partial charge on any atom is -0.265 e. The molecule has 0 aliphatic rings. The molecular formula is C40H26N4. The van der Waals surface area contributed by atoms with E-state index in [0.717, 1.165) is 44.5 Å². The molecule has 0 aliphatic heterocycles. The van der Waals surface area contributed by atoms with Crippen molar-refractivity contribution in [2.45, 2.75) is 0 Å². The largest absolute Gasteiger partial charge is 0.265 e. The van der Waals surface area contributed by atoms with Gasteiger partial charge in [0.25, 0.3) is 0 Å². The number of nitrogens with zero attached hydrogens (tertiary/aromatic N) is 4. The molecule has 0 unspecified atom stereocenters. The van der Waals surface area contributed by atoms with Crippen LogP contribution in [0.5, 0.6) is 0 Å². The van der Waals surface area contributed by atoms with Crippen molar-refractivity contribution < 1.29 is 0 Å². The highest BCUT2D eigenvalue weighted by Crippen LogP contribution is 2.35. The lowest BCUT2D eigenvalue weighted by atomic mass is 9.93. The maximum Gasteiger partial charge on any atom is 0.0780 e. The van der Waals surface area contributed by atoms with Gasteiger partial charge in [0, 0.05) is 52.9 Å². The number of hydrogen-bond acceptors (Lipinski definition) is 4. The van der Waals surface area contributed by atoms with Gasteiger partial charge in [0.15, 0.2) is 0 Å². The summed E-state index contributed by atoms with van der Waals surface area (Å²) in [5.74, 6) is 0. The lowest BCUT2D eigenvalue weighted by molar-refractivity contribution is 1.27. The molecule has 0 radical (unpaired) electrons. The smallest absolute Gasteiger partial charge is 0.0780 e. The van der Waals surface area contributed by atoms with E-state index >= 15 is 0 Å². The molecule has 206 valence electrons. The predicted molar refractivity (Wildman–Crippen MR) is 180 cm³/mol. The fraction of sp³-hybridized carbons (Fsp3) is 0. The van der Waals surface area contributed by atoms with Crippen molar-refractivity contribution in [3.8, 4) is 55.9 Å². The second-order valence-electron chi connectivity index (χ2n) is 10.8. The molecule has 4 aromatic heterocycles. The number of pyridine rings is 4. The highest BCUT2D eigenvalue weighted by atomic mass is 14.7. The first-order chi connectivity index (χ1) is 21.8. The number of rotatable bonds is 5. The zero-order valence-corrected chi connectivity index (χ0v) is 23.8. The van der Waals surface area contributed by atoms with E-state index in [0.29, 0.717) is 0 Å². The Morgan fingerprint density at radius 1 is 0.364 bits per heavy atom. The van der Waals surface area contributed by atoms with Crippen LogP contribution in [0.25, 0.3) is 77.6 Å². The summed E-state index contributed by atoms with van der Waals surface area (Å²) in [5, 5.41) is 3.53. The van der Waals surface area contributed by atoms with Gasteiger partial charge in [0.2, 0.25) is 0 Å². The Morgan fingerprint density at radius 3 is 1.70 bits per heavy atom. The van der Waals surface area contributed by atoms with E-state index in [1.54, 1.807) is 24.8 Å². The third-order valence-corrected chi connectivity index (χ3v) is 8.13. The molecule has 4 aromatic carbocycles. The summed E-state index contributed by atoms with van der Waals surface area (Å²) in [5.41, 5.74) is 11.9. The van der Waals surface area contributed by atoms with Gasteiger partial charge in [-0.25, -0.2) is 4.98 Å². The highest BCUT2D eigenvalue weighted by molar-refractivity contribution is 6.10. The zero-order valence-electron chi connectivity index (χ0n) is 23.8. The first-order valence-corrected chi connectivity index (χ1v) is 14.6. The van der Waals surface area contributed by atoms with Gasteiger partial charge in [-0.15, -0.1) is 0 Å². The van der Waals surface area contributed by atoms with Gasteiger partial charge < -0.3 is 0 Å². The molecule has 0 atom stereocenters. The maximum absolute atomic E-state index is 4.98. The van der Waals surface area contributed by atoms with Gasteiger partial charge in [-0.1, -0.05) is 78.9 Å². The van der Waals surface area contributed by atoms with E-state index in [4.69, 9.17) is 4.98 Å². The molecule has 4 nitrogen and oxygen atoms in total. The number of benzene rings is 4. The zero-order chi connectivity index (χ0) is 29.3. The SMILES string of the molecule is c1cc(-c2ccc(-c3cc(-c4ccncc4)nc(-c4ccncc4)c3)cc2)cc(-c2cccc3c2ccc2cccnc23)c1. The molecule has 0 fully saturated rings. The predicted octanol–water partition coefficient (Wildman–Crippen LogP) is 9.91. The summed E-state index contributed by atoms with van der Waals surface area (Å²) in [6, 6.07) is 44.8. The van der Waals surface area contributed by atoms with Gasteiger partial charge in [-0.05, 0) is 87.3 Å². The van der Waals surface area contributed by atoms with Crippen molar-refractivity contribution in [2.75, 3.05) is 0 Å². The topological polar surface area (TPSA) is 51.6 Å². The standard InChI is InChI=1S/C40H26N4/c1-4-32(24-33(5-1)35-7-2-8-37-36(35)14-13-31-6-3-19-43-40(31)37)27-9-11-28(12-10-27)34-25-38(29-15-20-41-21-16-29)44-39(26-34)30-17-22-42-23-18-30/h1-26H. The molecule has 4 heterocycles. The van der Waals surface area contributed by atoms with Crippen LogP contribution in [-0.4, -0.2) is 19.9 Å². The molecule has 0 aliphatic carbocycles. The van der Waals surface area contributed by atoms with Gasteiger partial charge in [-0.3, -0.25) is 15.0 Å².